The van der Waals surface area contributed by atoms with Gasteiger partial charge < -0.3 is 15.0 Å². The van der Waals surface area contributed by atoms with E-state index in [0.717, 1.165) is 29.5 Å². The monoisotopic (exact) mass is 335 g/mol. The summed E-state index contributed by atoms with van der Waals surface area (Å²) in [7, 11) is 1.64. The summed E-state index contributed by atoms with van der Waals surface area (Å²) in [5, 5.41) is 11.3. The Balaban J connectivity index is 1.84. The van der Waals surface area contributed by atoms with E-state index in [4.69, 9.17) is 4.74 Å². The molecule has 0 saturated heterocycles. The molecule has 2 aromatic carbocycles. The van der Waals surface area contributed by atoms with Gasteiger partial charge in [0.25, 0.3) is 0 Å². The van der Waals surface area contributed by atoms with Crippen molar-refractivity contribution >= 4 is 23.1 Å². The number of hydrogen-bond donors (Lipinski definition) is 1. The van der Waals surface area contributed by atoms with Crippen molar-refractivity contribution in [1.29, 1.82) is 0 Å². The maximum Gasteiger partial charge on any atom is 0.249 e. The zero-order valence-electron chi connectivity index (χ0n) is 14.6. The molecule has 0 aliphatic rings. The quantitative estimate of drug-likeness (QED) is 0.732. The van der Waals surface area contributed by atoms with Gasteiger partial charge in [-0.25, -0.2) is 0 Å². The lowest BCUT2D eigenvalue weighted by Crippen LogP contribution is -2.18. The smallest absolute Gasteiger partial charge is 0.249 e. The predicted molar refractivity (Wildman–Crippen MR) is 100.0 cm³/mol. The van der Waals surface area contributed by atoms with Crippen molar-refractivity contribution in [3.05, 3.63) is 60.3 Å². The molecule has 1 aromatic heterocycles. The average molecular weight is 335 g/mol. The minimum Gasteiger partial charge on any atom is -0.497 e. The highest BCUT2D eigenvalue weighted by Crippen LogP contribution is 2.25. The van der Waals surface area contributed by atoms with Gasteiger partial charge in [-0.2, -0.15) is 10.1 Å². The first kappa shape index (κ1) is 16.7. The SMILES string of the molecule is CCN(c1cccc(C)c1)c1cnnc(Nc2ccc(OC)cc2)n1. The van der Waals surface area contributed by atoms with Crippen molar-refractivity contribution in [1.82, 2.24) is 15.2 Å². The first-order valence-electron chi connectivity index (χ1n) is 8.14. The molecule has 0 unspecified atom stereocenters. The molecule has 0 spiro atoms. The molecule has 6 heteroatoms. The maximum absolute atomic E-state index is 5.17. The van der Waals surface area contributed by atoms with Crippen LogP contribution < -0.4 is 15.0 Å². The second-order valence-corrected chi connectivity index (χ2v) is 5.57. The number of rotatable bonds is 6. The number of aryl methyl sites for hydroxylation is 1. The van der Waals surface area contributed by atoms with E-state index >= 15 is 0 Å². The number of ether oxygens (including phenoxy) is 1. The van der Waals surface area contributed by atoms with Gasteiger partial charge in [0.05, 0.1) is 13.3 Å². The van der Waals surface area contributed by atoms with Gasteiger partial charge in [-0.1, -0.05) is 12.1 Å². The van der Waals surface area contributed by atoms with E-state index in [0.29, 0.717) is 5.95 Å². The van der Waals surface area contributed by atoms with Crippen LogP contribution in [0.15, 0.2) is 54.7 Å². The second kappa shape index (κ2) is 7.61. The summed E-state index contributed by atoms with van der Waals surface area (Å²) in [6.45, 7) is 4.94. The van der Waals surface area contributed by atoms with Gasteiger partial charge in [-0.3, -0.25) is 0 Å². The highest BCUT2D eigenvalue weighted by Gasteiger charge is 2.11. The standard InChI is InChI=1S/C19H21N5O/c1-4-24(16-7-5-6-14(2)12-16)18-13-20-23-19(22-18)21-15-8-10-17(25-3)11-9-15/h5-13H,4H2,1-3H3,(H,21,22,23). The highest BCUT2D eigenvalue weighted by molar-refractivity contribution is 5.62. The topological polar surface area (TPSA) is 63.2 Å². The third-order valence-electron chi connectivity index (χ3n) is 3.80. The Labute approximate surface area is 147 Å². The molecule has 0 radical (unpaired) electrons. The number of methoxy groups -OCH3 is 1. The number of nitrogens with zero attached hydrogens (tertiary/aromatic N) is 4. The zero-order valence-corrected chi connectivity index (χ0v) is 14.6. The Morgan fingerprint density at radius 1 is 1.12 bits per heavy atom. The molecule has 0 aliphatic carbocycles. The minimum absolute atomic E-state index is 0.453. The molecule has 1 heterocycles. The lowest BCUT2D eigenvalue weighted by Gasteiger charge is -2.22. The van der Waals surface area contributed by atoms with Gasteiger partial charge in [-0.15, -0.1) is 5.10 Å². The van der Waals surface area contributed by atoms with Crippen molar-refractivity contribution in [2.45, 2.75) is 13.8 Å². The first-order valence-corrected chi connectivity index (χ1v) is 8.14. The number of anilines is 4. The van der Waals surface area contributed by atoms with Crippen LogP contribution in [0.2, 0.25) is 0 Å². The number of hydrogen-bond acceptors (Lipinski definition) is 6. The van der Waals surface area contributed by atoms with Crippen LogP contribution in [0.4, 0.5) is 23.1 Å². The minimum atomic E-state index is 0.453. The van der Waals surface area contributed by atoms with Crippen molar-refractivity contribution in [2.24, 2.45) is 0 Å². The summed E-state index contributed by atoms with van der Waals surface area (Å²) in [5.74, 6) is 2.00. The van der Waals surface area contributed by atoms with Crippen LogP contribution in [0.25, 0.3) is 0 Å². The molecule has 0 amide bonds. The highest BCUT2D eigenvalue weighted by atomic mass is 16.5. The lowest BCUT2D eigenvalue weighted by molar-refractivity contribution is 0.415. The predicted octanol–water partition coefficient (Wildman–Crippen LogP) is 4.09. The number of benzene rings is 2. The number of aromatic nitrogens is 3. The van der Waals surface area contributed by atoms with Crippen molar-refractivity contribution in [2.75, 3.05) is 23.9 Å². The third-order valence-corrected chi connectivity index (χ3v) is 3.80. The van der Waals surface area contributed by atoms with Crippen molar-refractivity contribution < 1.29 is 4.74 Å². The van der Waals surface area contributed by atoms with Crippen molar-refractivity contribution in [3.63, 3.8) is 0 Å². The molecule has 3 aromatic rings. The van der Waals surface area contributed by atoms with Crippen LogP contribution in [-0.4, -0.2) is 28.8 Å². The van der Waals surface area contributed by atoms with E-state index in [1.54, 1.807) is 13.3 Å². The molecule has 0 aliphatic heterocycles. The van der Waals surface area contributed by atoms with E-state index in [2.05, 4.69) is 57.4 Å². The van der Waals surface area contributed by atoms with E-state index in [1.165, 1.54) is 5.56 Å². The zero-order chi connectivity index (χ0) is 17.6. The molecule has 3 rings (SSSR count). The van der Waals surface area contributed by atoms with Gasteiger partial charge in [0.15, 0.2) is 5.82 Å². The average Bonchev–Trinajstić information content (AvgIpc) is 2.63. The van der Waals surface area contributed by atoms with Crippen LogP contribution in [0, 0.1) is 6.92 Å². The summed E-state index contributed by atoms with van der Waals surface area (Å²) >= 11 is 0. The summed E-state index contributed by atoms with van der Waals surface area (Å²) in [5.41, 5.74) is 3.16. The molecule has 0 bridgehead atoms. The lowest BCUT2D eigenvalue weighted by atomic mass is 10.2. The first-order chi connectivity index (χ1) is 12.2. The summed E-state index contributed by atoms with van der Waals surface area (Å²) < 4.78 is 5.17. The van der Waals surface area contributed by atoms with E-state index in [9.17, 15) is 0 Å². The second-order valence-electron chi connectivity index (χ2n) is 5.57. The van der Waals surface area contributed by atoms with Crippen LogP contribution in [-0.2, 0) is 0 Å². The Bertz CT molecular complexity index is 835. The van der Waals surface area contributed by atoms with E-state index in [-0.39, 0.29) is 0 Å². The molecule has 0 saturated carbocycles. The molecule has 1 N–H and O–H groups in total. The molecule has 0 fully saturated rings. The molecule has 128 valence electrons. The molecule has 25 heavy (non-hydrogen) atoms. The van der Waals surface area contributed by atoms with Crippen molar-refractivity contribution in [3.8, 4) is 5.75 Å². The van der Waals surface area contributed by atoms with Crippen LogP contribution >= 0.6 is 0 Å². The molecular formula is C19H21N5O. The van der Waals surface area contributed by atoms with Gasteiger partial charge in [0.1, 0.15) is 5.75 Å². The Kier molecular flexibility index (Phi) is 5.09. The van der Waals surface area contributed by atoms with E-state index in [1.807, 2.05) is 30.3 Å². The van der Waals surface area contributed by atoms with Crippen LogP contribution in [0.3, 0.4) is 0 Å². The molecule has 6 nitrogen and oxygen atoms in total. The van der Waals surface area contributed by atoms with Gasteiger partial charge in [-0.05, 0) is 55.8 Å². The van der Waals surface area contributed by atoms with Gasteiger partial charge >= 0.3 is 0 Å². The Morgan fingerprint density at radius 3 is 2.60 bits per heavy atom. The summed E-state index contributed by atoms with van der Waals surface area (Å²) in [6.07, 6.45) is 1.67. The fourth-order valence-electron chi connectivity index (χ4n) is 2.55. The largest absolute Gasteiger partial charge is 0.497 e. The third kappa shape index (κ3) is 4.03. The maximum atomic E-state index is 5.17. The van der Waals surface area contributed by atoms with Gasteiger partial charge in [0, 0.05) is 17.9 Å². The normalized spacial score (nSPS) is 10.4. The Hall–Kier alpha value is -3.15. The summed E-state index contributed by atoms with van der Waals surface area (Å²) in [4.78, 5) is 6.70. The fraction of sp³-hybridized carbons (Fsp3) is 0.211. The Morgan fingerprint density at radius 2 is 1.92 bits per heavy atom. The fourth-order valence-corrected chi connectivity index (χ4v) is 2.55. The van der Waals surface area contributed by atoms with E-state index < -0.39 is 0 Å². The molecule has 0 atom stereocenters. The summed E-state index contributed by atoms with van der Waals surface area (Å²) in [6, 6.07) is 15.9. The van der Waals surface area contributed by atoms with Crippen LogP contribution in [0.1, 0.15) is 12.5 Å². The van der Waals surface area contributed by atoms with Crippen LogP contribution in [0.5, 0.6) is 5.75 Å². The van der Waals surface area contributed by atoms with Gasteiger partial charge in [0.2, 0.25) is 5.95 Å². The molecular weight excluding hydrogens is 314 g/mol. The number of nitrogens with one attached hydrogen (secondary N) is 1.